The van der Waals surface area contributed by atoms with E-state index >= 15 is 0 Å². The van der Waals surface area contributed by atoms with Crippen LogP contribution in [0.4, 0.5) is 10.5 Å². The van der Waals surface area contributed by atoms with Gasteiger partial charge >= 0.3 is 6.16 Å². The van der Waals surface area contributed by atoms with E-state index in [2.05, 4.69) is 9.03 Å². The van der Waals surface area contributed by atoms with Crippen LogP contribution in [-0.4, -0.2) is 11.1 Å². The number of hydrogen-bond acceptors (Lipinski definition) is 5. The molecule has 14 heavy (non-hydrogen) atoms. The Morgan fingerprint density at radius 3 is 2.36 bits per heavy atom. The lowest BCUT2D eigenvalue weighted by molar-refractivity contribution is -0.384. The van der Waals surface area contributed by atoms with Gasteiger partial charge in [0.05, 0.1) is 4.92 Å². The quantitative estimate of drug-likeness (QED) is 0.329. The van der Waals surface area contributed by atoms with Gasteiger partial charge in [-0.05, 0) is 12.1 Å². The minimum absolute atomic E-state index is 0.100. The summed E-state index contributed by atoms with van der Waals surface area (Å²) in [5.74, 6) is 0.112. The molecule has 0 atom stereocenters. The lowest BCUT2D eigenvalue weighted by Crippen LogP contribution is -2.04. The van der Waals surface area contributed by atoms with Crippen molar-refractivity contribution in [3.63, 3.8) is 0 Å². The van der Waals surface area contributed by atoms with E-state index in [1.165, 1.54) is 24.3 Å². The number of nitro benzene ring substituents is 1. The smallest absolute Gasteiger partial charge is 0.394 e. The second-order valence-electron chi connectivity index (χ2n) is 2.18. The Hall–Kier alpha value is -1.82. The van der Waals surface area contributed by atoms with Gasteiger partial charge in [0.15, 0.2) is 0 Å². The van der Waals surface area contributed by atoms with Gasteiger partial charge < -0.3 is 9.03 Å². The molecular formula is C7H4ClNO5. The van der Waals surface area contributed by atoms with E-state index in [-0.39, 0.29) is 11.4 Å². The third-order valence-corrected chi connectivity index (χ3v) is 1.44. The van der Waals surface area contributed by atoms with Crippen LogP contribution in [0.3, 0.4) is 0 Å². The van der Waals surface area contributed by atoms with E-state index in [0.717, 1.165) is 0 Å². The fourth-order valence-electron chi connectivity index (χ4n) is 0.748. The van der Waals surface area contributed by atoms with Crippen LogP contribution >= 0.6 is 11.9 Å². The summed E-state index contributed by atoms with van der Waals surface area (Å²) < 4.78 is 8.19. The topological polar surface area (TPSA) is 78.7 Å². The Labute approximate surface area is 83.3 Å². The Bertz CT molecular complexity index is 350. The molecule has 74 valence electrons. The van der Waals surface area contributed by atoms with Gasteiger partial charge in [0.25, 0.3) is 5.69 Å². The Morgan fingerprint density at radius 1 is 1.36 bits per heavy atom. The zero-order valence-electron chi connectivity index (χ0n) is 6.68. The van der Waals surface area contributed by atoms with Crippen molar-refractivity contribution in [2.45, 2.75) is 0 Å². The molecule has 0 aliphatic rings. The summed E-state index contributed by atoms with van der Waals surface area (Å²) in [5, 5.41) is 10.2. The predicted molar refractivity (Wildman–Crippen MR) is 46.1 cm³/mol. The summed E-state index contributed by atoms with van der Waals surface area (Å²) in [4.78, 5) is 20.2. The first-order chi connectivity index (χ1) is 6.63. The number of carbonyl (C=O) groups is 1. The van der Waals surface area contributed by atoms with E-state index < -0.39 is 11.1 Å². The highest BCUT2D eigenvalue weighted by molar-refractivity contribution is 6.12. The van der Waals surface area contributed by atoms with Crippen LogP contribution in [0.15, 0.2) is 24.3 Å². The van der Waals surface area contributed by atoms with Crippen LogP contribution < -0.4 is 4.74 Å². The highest BCUT2D eigenvalue weighted by atomic mass is 35.5. The highest BCUT2D eigenvalue weighted by Crippen LogP contribution is 2.17. The van der Waals surface area contributed by atoms with Crippen molar-refractivity contribution in [1.29, 1.82) is 0 Å². The molecule has 1 aromatic rings. The van der Waals surface area contributed by atoms with Crippen LogP contribution in [0.2, 0.25) is 0 Å². The Balaban J connectivity index is 2.73. The number of nitro groups is 1. The van der Waals surface area contributed by atoms with E-state index in [9.17, 15) is 14.9 Å². The van der Waals surface area contributed by atoms with Gasteiger partial charge in [0.2, 0.25) is 0 Å². The fraction of sp³-hybridized carbons (Fsp3) is 0. The molecule has 0 unspecified atom stereocenters. The molecule has 0 aromatic heterocycles. The number of nitrogens with zero attached hydrogens (tertiary/aromatic N) is 1. The maximum atomic E-state index is 10.5. The SMILES string of the molecule is O=C(OCl)Oc1ccc([N+](=O)[O-])cc1. The summed E-state index contributed by atoms with van der Waals surface area (Å²) in [6, 6.07) is 4.89. The molecule has 0 saturated heterocycles. The predicted octanol–water partition coefficient (Wildman–Crippen LogP) is 2.26. The molecule has 0 fully saturated rings. The van der Waals surface area contributed by atoms with Crippen molar-refractivity contribution in [2.75, 3.05) is 0 Å². The van der Waals surface area contributed by atoms with Gasteiger partial charge in [-0.2, -0.15) is 0 Å². The van der Waals surface area contributed by atoms with Crippen LogP contribution in [0, 0.1) is 10.1 Å². The minimum atomic E-state index is -1.10. The zero-order valence-corrected chi connectivity index (χ0v) is 7.43. The number of hydrogen-bond donors (Lipinski definition) is 0. The maximum absolute atomic E-state index is 10.5. The van der Waals surface area contributed by atoms with Crippen LogP contribution in [0.25, 0.3) is 0 Å². The van der Waals surface area contributed by atoms with Gasteiger partial charge in [-0.3, -0.25) is 10.1 Å². The fourth-order valence-corrected chi connectivity index (χ4v) is 0.779. The van der Waals surface area contributed by atoms with Crippen molar-refractivity contribution in [3.8, 4) is 5.75 Å². The largest absolute Gasteiger partial charge is 0.532 e. The normalized spacial score (nSPS) is 9.21. The average Bonchev–Trinajstić information content (AvgIpc) is 2.18. The average molecular weight is 218 g/mol. The molecule has 1 rings (SSSR count). The van der Waals surface area contributed by atoms with Crippen LogP contribution in [0.5, 0.6) is 5.75 Å². The first-order valence-corrected chi connectivity index (χ1v) is 3.69. The molecule has 0 aliphatic carbocycles. The van der Waals surface area contributed by atoms with Gasteiger partial charge in [-0.1, -0.05) is 0 Å². The molecule has 6 nitrogen and oxygen atoms in total. The van der Waals surface area contributed by atoms with E-state index in [1.807, 2.05) is 0 Å². The molecule has 0 radical (unpaired) electrons. The third-order valence-electron chi connectivity index (χ3n) is 1.31. The summed E-state index contributed by atoms with van der Waals surface area (Å²) in [6.45, 7) is 0. The Morgan fingerprint density at radius 2 is 1.93 bits per heavy atom. The van der Waals surface area contributed by atoms with Crippen LogP contribution in [-0.2, 0) is 4.29 Å². The number of non-ortho nitro benzene ring substituents is 1. The lowest BCUT2D eigenvalue weighted by atomic mass is 10.3. The molecule has 0 N–H and O–H groups in total. The lowest BCUT2D eigenvalue weighted by Gasteiger charge is -1.99. The van der Waals surface area contributed by atoms with Crippen molar-refractivity contribution < 1.29 is 18.7 Å². The van der Waals surface area contributed by atoms with Gasteiger partial charge in [-0.15, -0.1) is 0 Å². The van der Waals surface area contributed by atoms with Crippen molar-refractivity contribution >= 4 is 23.7 Å². The van der Waals surface area contributed by atoms with E-state index in [0.29, 0.717) is 0 Å². The third kappa shape index (κ3) is 2.60. The summed E-state index contributed by atoms with van der Waals surface area (Å²) >= 11 is 4.70. The molecule has 0 spiro atoms. The molecule has 0 saturated carbocycles. The first kappa shape index (κ1) is 10.3. The van der Waals surface area contributed by atoms with E-state index in [4.69, 9.17) is 11.9 Å². The molecule has 0 aliphatic heterocycles. The number of ether oxygens (including phenoxy) is 1. The van der Waals surface area contributed by atoms with Gasteiger partial charge in [0, 0.05) is 12.1 Å². The zero-order chi connectivity index (χ0) is 10.6. The monoisotopic (exact) mass is 217 g/mol. The second kappa shape index (κ2) is 4.43. The summed E-state index contributed by atoms with van der Waals surface area (Å²) in [6.07, 6.45) is -1.10. The summed E-state index contributed by atoms with van der Waals surface area (Å²) in [5.41, 5.74) is -0.100. The molecule has 0 amide bonds. The van der Waals surface area contributed by atoms with Crippen molar-refractivity contribution in [2.24, 2.45) is 0 Å². The molecular weight excluding hydrogens is 214 g/mol. The molecule has 0 bridgehead atoms. The molecule has 1 aromatic carbocycles. The summed E-state index contributed by atoms with van der Waals surface area (Å²) in [7, 11) is 0. The number of rotatable bonds is 2. The van der Waals surface area contributed by atoms with Gasteiger partial charge in [0.1, 0.15) is 17.6 Å². The van der Waals surface area contributed by atoms with Crippen molar-refractivity contribution in [3.05, 3.63) is 34.4 Å². The first-order valence-electron chi connectivity index (χ1n) is 3.38. The minimum Gasteiger partial charge on any atom is -0.394 e. The van der Waals surface area contributed by atoms with Gasteiger partial charge in [-0.25, -0.2) is 4.79 Å². The van der Waals surface area contributed by atoms with Crippen LogP contribution in [0.1, 0.15) is 0 Å². The second-order valence-corrected chi connectivity index (χ2v) is 2.33. The highest BCUT2D eigenvalue weighted by Gasteiger charge is 2.08. The molecule has 7 heteroatoms. The van der Waals surface area contributed by atoms with Crippen molar-refractivity contribution in [1.82, 2.24) is 0 Å². The number of carbonyl (C=O) groups excluding carboxylic acids is 1. The molecule has 0 heterocycles. The maximum Gasteiger partial charge on any atom is 0.532 e. The van der Waals surface area contributed by atoms with E-state index in [1.54, 1.807) is 0 Å². The number of benzene rings is 1. The Kier molecular flexibility index (Phi) is 3.24. The standard InChI is InChI=1S/C7H4ClNO5/c8-14-7(10)13-6-3-1-5(2-4-6)9(11)12/h1-4H. The number of halogens is 1.